The SMILES string of the molecule is O=C(O)c1ccc2c(C3CCCCC3)c3n(c2c1)C[C@@]1(C(=O)N2CCOCC2)C[C@H]1c1ccccc1-3. The second-order valence-corrected chi connectivity index (χ2v) is 11.1. The number of aromatic carboxylic acids is 1. The topological polar surface area (TPSA) is 71.8 Å². The quantitative estimate of drug-likeness (QED) is 0.540. The van der Waals surface area contributed by atoms with Gasteiger partial charge in [-0.2, -0.15) is 0 Å². The molecule has 2 aliphatic heterocycles. The third kappa shape index (κ3) is 3.20. The molecule has 1 aromatic heterocycles. The van der Waals surface area contributed by atoms with Gasteiger partial charge in [0.2, 0.25) is 5.91 Å². The summed E-state index contributed by atoms with van der Waals surface area (Å²) in [5.41, 5.74) is 5.87. The molecule has 0 unspecified atom stereocenters. The summed E-state index contributed by atoms with van der Waals surface area (Å²) >= 11 is 0. The molecule has 2 saturated carbocycles. The van der Waals surface area contributed by atoms with Gasteiger partial charge in [0.15, 0.2) is 0 Å². The average Bonchev–Trinajstić information content (AvgIpc) is 3.59. The predicted molar refractivity (Wildman–Crippen MR) is 137 cm³/mol. The number of nitrogens with zero attached hydrogens (tertiary/aromatic N) is 2. The smallest absolute Gasteiger partial charge is 0.335 e. The predicted octanol–water partition coefficient (Wildman–Crippen LogP) is 5.40. The maximum absolute atomic E-state index is 14.1. The van der Waals surface area contributed by atoms with Crippen molar-refractivity contribution in [3.8, 4) is 11.3 Å². The third-order valence-corrected chi connectivity index (χ3v) is 9.20. The molecule has 3 aromatic rings. The van der Waals surface area contributed by atoms with E-state index in [1.165, 1.54) is 41.6 Å². The molecule has 1 saturated heterocycles. The van der Waals surface area contributed by atoms with E-state index in [-0.39, 0.29) is 11.8 Å². The summed E-state index contributed by atoms with van der Waals surface area (Å²) in [5.74, 6) is -0.0274. The Hall–Kier alpha value is -3.12. The monoisotopic (exact) mass is 484 g/mol. The molecule has 3 heterocycles. The molecule has 0 spiro atoms. The Kier molecular flexibility index (Phi) is 5.04. The number of hydrogen-bond acceptors (Lipinski definition) is 3. The Morgan fingerprint density at radius 2 is 1.78 bits per heavy atom. The largest absolute Gasteiger partial charge is 0.478 e. The zero-order valence-electron chi connectivity index (χ0n) is 20.5. The molecule has 1 amide bonds. The lowest BCUT2D eigenvalue weighted by molar-refractivity contribution is -0.141. The van der Waals surface area contributed by atoms with Crippen LogP contribution in [0.1, 0.15) is 71.8 Å². The van der Waals surface area contributed by atoms with E-state index < -0.39 is 11.4 Å². The molecule has 36 heavy (non-hydrogen) atoms. The number of rotatable bonds is 3. The van der Waals surface area contributed by atoms with Gasteiger partial charge in [-0.1, -0.05) is 49.6 Å². The fraction of sp³-hybridized carbons (Fsp3) is 0.467. The van der Waals surface area contributed by atoms with E-state index in [1.54, 1.807) is 6.07 Å². The number of aromatic nitrogens is 1. The molecule has 2 aromatic carbocycles. The Bertz CT molecular complexity index is 1380. The van der Waals surface area contributed by atoms with E-state index >= 15 is 0 Å². The number of benzene rings is 2. The van der Waals surface area contributed by atoms with Gasteiger partial charge in [-0.25, -0.2) is 4.79 Å². The van der Waals surface area contributed by atoms with Crippen LogP contribution >= 0.6 is 0 Å². The van der Waals surface area contributed by atoms with Crippen LogP contribution < -0.4 is 0 Å². The zero-order chi connectivity index (χ0) is 24.4. The molecule has 6 heteroatoms. The Morgan fingerprint density at radius 3 is 2.56 bits per heavy atom. The van der Waals surface area contributed by atoms with Crippen molar-refractivity contribution in [2.45, 2.75) is 56.9 Å². The minimum atomic E-state index is -0.913. The molecule has 4 aliphatic rings. The highest BCUT2D eigenvalue weighted by Crippen LogP contribution is 2.65. The van der Waals surface area contributed by atoms with Gasteiger partial charge >= 0.3 is 5.97 Å². The third-order valence-electron chi connectivity index (χ3n) is 9.20. The first kappa shape index (κ1) is 22.1. The number of carboxylic acids is 1. The molecule has 6 nitrogen and oxygen atoms in total. The normalized spacial score (nSPS) is 25.6. The van der Waals surface area contributed by atoms with Crippen LogP contribution in [0.5, 0.6) is 0 Å². The number of carboxylic acid groups (broad SMARTS) is 1. The number of fused-ring (bicyclic) bond motifs is 7. The molecule has 186 valence electrons. The van der Waals surface area contributed by atoms with Gasteiger partial charge in [0.25, 0.3) is 0 Å². The standard InChI is InChI=1S/C30H32N2O4/c33-28(34)20-10-11-23-25(16-20)32-18-30(29(35)31-12-14-36-15-13-31)17-24(30)21-8-4-5-9-22(21)27(32)26(23)19-6-2-1-3-7-19/h4-5,8-11,16,19,24H,1-3,6-7,12-15,17-18H2,(H,33,34)/t24-,30-/m0/s1. The van der Waals surface area contributed by atoms with E-state index in [9.17, 15) is 14.7 Å². The summed E-state index contributed by atoms with van der Waals surface area (Å²) in [6.07, 6.45) is 6.91. The van der Waals surface area contributed by atoms with Gasteiger partial charge in [-0.05, 0) is 48.4 Å². The summed E-state index contributed by atoms with van der Waals surface area (Å²) in [4.78, 5) is 28.0. The first-order valence-corrected chi connectivity index (χ1v) is 13.4. The van der Waals surface area contributed by atoms with E-state index in [2.05, 4.69) is 28.8 Å². The van der Waals surface area contributed by atoms with Gasteiger partial charge < -0.3 is 19.3 Å². The average molecular weight is 485 g/mol. The highest BCUT2D eigenvalue weighted by Gasteiger charge is 2.63. The number of amides is 1. The molecule has 0 bridgehead atoms. The number of carbonyl (C=O) groups excluding carboxylic acids is 1. The fourth-order valence-electron chi connectivity index (χ4n) is 7.34. The second kappa shape index (κ2) is 8.20. The van der Waals surface area contributed by atoms with Crippen LogP contribution in [0.25, 0.3) is 22.2 Å². The maximum Gasteiger partial charge on any atom is 0.335 e. The van der Waals surface area contributed by atoms with Crippen molar-refractivity contribution in [2.24, 2.45) is 5.41 Å². The number of morpholine rings is 1. The minimum Gasteiger partial charge on any atom is -0.478 e. The van der Waals surface area contributed by atoms with Crippen molar-refractivity contribution in [3.63, 3.8) is 0 Å². The van der Waals surface area contributed by atoms with Crippen LogP contribution in [0.4, 0.5) is 0 Å². The van der Waals surface area contributed by atoms with Gasteiger partial charge in [0, 0.05) is 42.0 Å². The fourth-order valence-corrected chi connectivity index (χ4v) is 7.34. The first-order chi connectivity index (χ1) is 17.6. The molecule has 1 N–H and O–H groups in total. The van der Waals surface area contributed by atoms with Crippen LogP contribution in [0.2, 0.25) is 0 Å². The van der Waals surface area contributed by atoms with Gasteiger partial charge in [-0.3, -0.25) is 4.79 Å². The van der Waals surface area contributed by atoms with Crippen LogP contribution in [-0.2, 0) is 16.1 Å². The molecular weight excluding hydrogens is 452 g/mol. The summed E-state index contributed by atoms with van der Waals surface area (Å²) in [5, 5.41) is 11.0. The summed E-state index contributed by atoms with van der Waals surface area (Å²) in [6.45, 7) is 3.07. The Labute approximate surface area is 210 Å². The number of carbonyl (C=O) groups is 2. The van der Waals surface area contributed by atoms with Crippen LogP contribution in [0.15, 0.2) is 42.5 Å². The lowest BCUT2D eigenvalue weighted by Gasteiger charge is -2.31. The molecule has 3 fully saturated rings. The van der Waals surface area contributed by atoms with E-state index in [4.69, 9.17) is 4.74 Å². The van der Waals surface area contributed by atoms with E-state index in [0.717, 1.165) is 30.2 Å². The van der Waals surface area contributed by atoms with E-state index in [1.807, 2.05) is 17.0 Å². The van der Waals surface area contributed by atoms with Crippen LogP contribution in [0.3, 0.4) is 0 Å². The van der Waals surface area contributed by atoms with Crippen molar-refractivity contribution in [1.82, 2.24) is 9.47 Å². The Balaban J connectivity index is 1.47. The highest BCUT2D eigenvalue weighted by atomic mass is 16.5. The van der Waals surface area contributed by atoms with Crippen molar-refractivity contribution in [3.05, 3.63) is 59.2 Å². The molecular formula is C30H32N2O4. The van der Waals surface area contributed by atoms with Gasteiger partial charge in [-0.15, -0.1) is 0 Å². The lowest BCUT2D eigenvalue weighted by Crippen LogP contribution is -2.45. The number of hydrogen-bond donors (Lipinski definition) is 1. The van der Waals surface area contributed by atoms with Gasteiger partial charge in [0.05, 0.1) is 29.9 Å². The lowest BCUT2D eigenvalue weighted by atomic mass is 9.81. The zero-order valence-corrected chi connectivity index (χ0v) is 20.5. The number of ether oxygens (including phenoxy) is 1. The summed E-state index contributed by atoms with van der Waals surface area (Å²) in [7, 11) is 0. The summed E-state index contributed by atoms with van der Waals surface area (Å²) < 4.78 is 7.86. The molecule has 2 atom stereocenters. The highest BCUT2D eigenvalue weighted by molar-refractivity contribution is 5.99. The Morgan fingerprint density at radius 1 is 1.00 bits per heavy atom. The van der Waals surface area contributed by atoms with Crippen LogP contribution in [0, 0.1) is 5.41 Å². The second-order valence-electron chi connectivity index (χ2n) is 11.1. The maximum atomic E-state index is 14.1. The van der Waals surface area contributed by atoms with Crippen molar-refractivity contribution in [2.75, 3.05) is 26.3 Å². The van der Waals surface area contributed by atoms with Crippen molar-refractivity contribution >= 4 is 22.8 Å². The van der Waals surface area contributed by atoms with Crippen molar-refractivity contribution < 1.29 is 19.4 Å². The minimum absolute atomic E-state index is 0.195. The molecule has 0 radical (unpaired) electrons. The molecule has 7 rings (SSSR count). The van der Waals surface area contributed by atoms with Crippen molar-refractivity contribution in [1.29, 1.82) is 0 Å². The first-order valence-electron chi connectivity index (χ1n) is 13.4. The molecule has 2 aliphatic carbocycles. The van der Waals surface area contributed by atoms with Gasteiger partial charge in [0.1, 0.15) is 0 Å². The van der Waals surface area contributed by atoms with E-state index in [0.29, 0.717) is 44.3 Å². The summed E-state index contributed by atoms with van der Waals surface area (Å²) in [6, 6.07) is 14.2. The van der Waals surface area contributed by atoms with Crippen LogP contribution in [-0.4, -0.2) is 52.8 Å².